The third-order valence-electron chi connectivity index (χ3n) is 4.14. The Bertz CT molecular complexity index is 683. The Morgan fingerprint density at radius 2 is 1.68 bits per heavy atom. The summed E-state index contributed by atoms with van der Waals surface area (Å²) in [4.78, 5) is 12.3. The number of rotatable bonds is 9. The summed E-state index contributed by atoms with van der Waals surface area (Å²) in [6.07, 6.45) is 8.63. The van der Waals surface area contributed by atoms with E-state index >= 15 is 0 Å². The van der Waals surface area contributed by atoms with Gasteiger partial charge in [-0.15, -0.1) is 12.6 Å². The number of halogens is 1. The third-order valence-corrected chi connectivity index (χ3v) is 4.50. The van der Waals surface area contributed by atoms with E-state index in [2.05, 4.69) is 19.6 Å². The monoisotopic (exact) mass is 360 g/mol. The van der Waals surface area contributed by atoms with Gasteiger partial charge in [-0.3, -0.25) is 0 Å². The van der Waals surface area contributed by atoms with Crippen LogP contribution in [0.5, 0.6) is 5.75 Å². The van der Waals surface area contributed by atoms with E-state index in [0.717, 1.165) is 12.5 Å². The van der Waals surface area contributed by atoms with Gasteiger partial charge in [0.2, 0.25) is 0 Å². The predicted molar refractivity (Wildman–Crippen MR) is 102 cm³/mol. The zero-order valence-electron chi connectivity index (χ0n) is 14.6. The van der Waals surface area contributed by atoms with Gasteiger partial charge in [-0.05, 0) is 42.7 Å². The number of ether oxygens (including phenoxy) is 1. The normalized spacial score (nSPS) is 10.7. The zero-order chi connectivity index (χ0) is 18.1. The fourth-order valence-electron chi connectivity index (χ4n) is 2.63. The van der Waals surface area contributed by atoms with Gasteiger partial charge in [0, 0.05) is 11.0 Å². The highest BCUT2D eigenvalue weighted by atomic mass is 32.1. The third kappa shape index (κ3) is 6.54. The molecule has 0 atom stereocenters. The minimum Gasteiger partial charge on any atom is -0.423 e. The molecule has 0 fully saturated rings. The molecule has 0 amide bonds. The van der Waals surface area contributed by atoms with Crippen molar-refractivity contribution < 1.29 is 13.9 Å². The van der Waals surface area contributed by atoms with Gasteiger partial charge >= 0.3 is 5.97 Å². The molecule has 2 aromatic rings. The maximum absolute atomic E-state index is 13.4. The van der Waals surface area contributed by atoms with Gasteiger partial charge in [0.15, 0.2) is 0 Å². The number of aryl methyl sites for hydroxylation is 1. The molecule has 0 bridgehead atoms. The number of hydrogen-bond acceptors (Lipinski definition) is 3. The van der Waals surface area contributed by atoms with E-state index in [1.165, 1.54) is 56.2 Å². The van der Waals surface area contributed by atoms with E-state index < -0.39 is 11.8 Å². The van der Waals surface area contributed by atoms with E-state index in [1.807, 2.05) is 12.1 Å². The number of benzene rings is 2. The summed E-state index contributed by atoms with van der Waals surface area (Å²) >= 11 is 3.95. The summed E-state index contributed by atoms with van der Waals surface area (Å²) in [7, 11) is 0. The Hall–Kier alpha value is -1.81. The second-order valence-corrected chi connectivity index (χ2v) is 6.70. The molecule has 25 heavy (non-hydrogen) atoms. The fraction of sp³-hybridized carbons (Fsp3) is 0.381. The van der Waals surface area contributed by atoms with Crippen LogP contribution in [0.3, 0.4) is 0 Å². The average Bonchev–Trinajstić information content (AvgIpc) is 2.61. The highest BCUT2D eigenvalue weighted by Gasteiger charge is 2.10. The van der Waals surface area contributed by atoms with Crippen LogP contribution in [0.1, 0.15) is 61.4 Å². The Kier molecular flexibility index (Phi) is 7.99. The fourth-order valence-corrected chi connectivity index (χ4v) is 2.77. The van der Waals surface area contributed by atoms with Crippen molar-refractivity contribution in [3.63, 3.8) is 0 Å². The molecular formula is C21H25FO2S. The highest BCUT2D eigenvalue weighted by Crippen LogP contribution is 2.20. The number of thiol groups is 1. The van der Waals surface area contributed by atoms with Crippen molar-refractivity contribution in [2.75, 3.05) is 0 Å². The summed E-state index contributed by atoms with van der Waals surface area (Å²) in [6.45, 7) is 2.22. The molecule has 4 heteroatoms. The lowest BCUT2D eigenvalue weighted by Crippen LogP contribution is -2.08. The number of hydrogen-bond donors (Lipinski definition) is 1. The molecule has 2 nitrogen and oxygen atoms in total. The van der Waals surface area contributed by atoms with E-state index in [-0.39, 0.29) is 10.6 Å². The van der Waals surface area contributed by atoms with Crippen molar-refractivity contribution >= 4 is 18.6 Å². The number of esters is 1. The smallest absolute Gasteiger partial charge is 0.343 e. The second kappa shape index (κ2) is 10.2. The van der Waals surface area contributed by atoms with Crippen LogP contribution >= 0.6 is 12.6 Å². The van der Waals surface area contributed by atoms with Gasteiger partial charge in [-0.2, -0.15) is 0 Å². The van der Waals surface area contributed by atoms with Crippen LogP contribution in [0, 0.1) is 5.82 Å². The highest BCUT2D eigenvalue weighted by molar-refractivity contribution is 7.80. The number of carbonyl (C=O) groups excluding carboxylic acids is 1. The minimum atomic E-state index is -0.511. The minimum absolute atomic E-state index is 0.177. The van der Waals surface area contributed by atoms with Crippen LogP contribution in [0.4, 0.5) is 4.39 Å². The maximum atomic E-state index is 13.4. The Morgan fingerprint density at radius 3 is 2.36 bits per heavy atom. The molecule has 0 aliphatic rings. The summed E-state index contributed by atoms with van der Waals surface area (Å²) in [5.41, 5.74) is 1.68. The van der Waals surface area contributed by atoms with Gasteiger partial charge in [0.05, 0.1) is 5.56 Å². The van der Waals surface area contributed by atoms with Crippen LogP contribution < -0.4 is 4.74 Å². The largest absolute Gasteiger partial charge is 0.423 e. The molecule has 0 saturated heterocycles. The molecule has 134 valence electrons. The SMILES string of the molecule is CCCCCCCCc1ccc(C(=O)Oc2ccc(S)c(F)c2)cc1. The van der Waals surface area contributed by atoms with E-state index in [1.54, 1.807) is 12.1 Å². The van der Waals surface area contributed by atoms with Crippen LogP contribution in [0.2, 0.25) is 0 Å². The van der Waals surface area contributed by atoms with Crippen LogP contribution in [-0.4, -0.2) is 5.97 Å². The molecular weight excluding hydrogens is 335 g/mol. The standard InChI is InChI=1S/C21H25FO2S/c1-2-3-4-5-6-7-8-16-9-11-17(12-10-16)21(23)24-18-13-14-20(25)19(22)15-18/h9-15,25H,2-8H2,1H3. The molecule has 0 saturated carbocycles. The first-order valence-electron chi connectivity index (χ1n) is 8.90. The second-order valence-electron chi connectivity index (χ2n) is 6.22. The lowest BCUT2D eigenvalue weighted by atomic mass is 10.0. The average molecular weight is 360 g/mol. The first kappa shape index (κ1) is 19.5. The zero-order valence-corrected chi connectivity index (χ0v) is 15.5. The van der Waals surface area contributed by atoms with Gasteiger partial charge in [0.25, 0.3) is 0 Å². The van der Waals surface area contributed by atoms with Crippen LogP contribution in [0.15, 0.2) is 47.4 Å². The van der Waals surface area contributed by atoms with Gasteiger partial charge in [-0.25, -0.2) is 9.18 Å². The maximum Gasteiger partial charge on any atom is 0.343 e. The van der Waals surface area contributed by atoms with Crippen LogP contribution in [-0.2, 0) is 6.42 Å². The topological polar surface area (TPSA) is 26.3 Å². The van der Waals surface area contributed by atoms with Crippen LogP contribution in [0.25, 0.3) is 0 Å². The van der Waals surface area contributed by atoms with E-state index in [0.29, 0.717) is 5.56 Å². The first-order chi connectivity index (χ1) is 12.1. The molecule has 0 spiro atoms. The van der Waals surface area contributed by atoms with E-state index in [9.17, 15) is 9.18 Å². The van der Waals surface area contributed by atoms with Crippen molar-refractivity contribution in [3.05, 3.63) is 59.4 Å². The Balaban J connectivity index is 1.82. The summed E-state index contributed by atoms with van der Waals surface area (Å²) < 4.78 is 18.6. The Labute approximate surface area is 154 Å². The number of unbranched alkanes of at least 4 members (excludes halogenated alkanes) is 5. The molecule has 2 aromatic carbocycles. The van der Waals surface area contributed by atoms with Gasteiger partial charge < -0.3 is 4.74 Å². The predicted octanol–water partition coefficient (Wildman–Crippen LogP) is 6.24. The van der Waals surface area contributed by atoms with Crippen molar-refractivity contribution in [2.24, 2.45) is 0 Å². The molecule has 0 aromatic heterocycles. The lowest BCUT2D eigenvalue weighted by molar-refractivity contribution is 0.0734. The molecule has 0 aliphatic heterocycles. The summed E-state index contributed by atoms with van der Waals surface area (Å²) in [6, 6.07) is 11.6. The van der Waals surface area contributed by atoms with Crippen molar-refractivity contribution in [3.8, 4) is 5.75 Å². The summed E-state index contributed by atoms with van der Waals surface area (Å²) in [5.74, 6) is -0.822. The molecule has 2 rings (SSSR count). The molecule has 0 N–H and O–H groups in total. The lowest BCUT2D eigenvalue weighted by Gasteiger charge is -2.06. The van der Waals surface area contributed by atoms with E-state index in [4.69, 9.17) is 4.74 Å². The molecule has 0 aliphatic carbocycles. The van der Waals surface area contributed by atoms with Crippen molar-refractivity contribution in [1.29, 1.82) is 0 Å². The van der Waals surface area contributed by atoms with Crippen molar-refractivity contribution in [2.45, 2.75) is 56.8 Å². The Morgan fingerprint density at radius 1 is 1.00 bits per heavy atom. The molecule has 0 heterocycles. The number of carbonyl (C=O) groups is 1. The first-order valence-corrected chi connectivity index (χ1v) is 9.34. The van der Waals surface area contributed by atoms with Gasteiger partial charge in [0.1, 0.15) is 11.6 Å². The van der Waals surface area contributed by atoms with Gasteiger partial charge in [-0.1, -0.05) is 51.2 Å². The summed E-state index contributed by atoms with van der Waals surface area (Å²) in [5, 5.41) is 0. The molecule has 0 unspecified atom stereocenters. The quantitative estimate of drug-likeness (QED) is 0.248. The molecule has 0 radical (unpaired) electrons. The van der Waals surface area contributed by atoms with Crippen molar-refractivity contribution in [1.82, 2.24) is 0 Å².